The maximum Gasteiger partial charge on any atom is 0.252 e. The lowest BCUT2D eigenvalue weighted by atomic mass is 9.89. The van der Waals surface area contributed by atoms with E-state index in [2.05, 4.69) is 31.4 Å². The predicted octanol–water partition coefficient (Wildman–Crippen LogP) is 2.33. The molecule has 1 aliphatic rings. The molecule has 0 aliphatic carbocycles. The summed E-state index contributed by atoms with van der Waals surface area (Å²) < 4.78 is 5.57. The van der Waals surface area contributed by atoms with Crippen LogP contribution in [0.3, 0.4) is 0 Å². The van der Waals surface area contributed by atoms with Gasteiger partial charge in [0, 0.05) is 5.54 Å². The van der Waals surface area contributed by atoms with Gasteiger partial charge in [0.25, 0.3) is 5.91 Å². The maximum absolute atomic E-state index is 12.8. The number of hydrogen-bond acceptors (Lipinski definition) is 3. The highest BCUT2D eigenvalue weighted by molar-refractivity contribution is 5.86. The van der Waals surface area contributed by atoms with Gasteiger partial charge in [0.2, 0.25) is 5.91 Å². The molecule has 1 aromatic rings. The molecule has 0 saturated carbocycles. The van der Waals surface area contributed by atoms with E-state index < -0.39 is 12.1 Å². The van der Waals surface area contributed by atoms with Gasteiger partial charge in [0.1, 0.15) is 6.61 Å². The van der Waals surface area contributed by atoms with Crippen LogP contribution in [-0.4, -0.2) is 30.1 Å². The minimum Gasteiger partial charge on any atom is -0.356 e. The van der Waals surface area contributed by atoms with Crippen molar-refractivity contribution in [2.75, 3.05) is 6.61 Å². The summed E-state index contributed by atoms with van der Waals surface area (Å²) in [5, 5.41) is 6.03. The van der Waals surface area contributed by atoms with Crippen molar-refractivity contribution in [2.45, 2.75) is 57.7 Å². The molecule has 1 aromatic carbocycles. The molecule has 2 rings (SSSR count). The lowest BCUT2D eigenvalue weighted by molar-refractivity contribution is -0.149. The number of benzene rings is 1. The maximum atomic E-state index is 12.8. The Morgan fingerprint density at radius 3 is 2.39 bits per heavy atom. The molecule has 2 amide bonds. The fraction of sp³-hybridized carbons (Fsp3) is 0.556. The predicted molar refractivity (Wildman–Crippen MR) is 88.8 cm³/mol. The van der Waals surface area contributed by atoms with E-state index in [0.29, 0.717) is 0 Å². The molecule has 1 heterocycles. The van der Waals surface area contributed by atoms with Crippen LogP contribution < -0.4 is 10.6 Å². The zero-order valence-corrected chi connectivity index (χ0v) is 14.1. The number of nitrogens with one attached hydrogen (secondary N) is 2. The quantitative estimate of drug-likeness (QED) is 0.846. The molecular weight excluding hydrogens is 292 g/mol. The van der Waals surface area contributed by atoms with Crippen LogP contribution in [0.5, 0.6) is 0 Å². The molecule has 0 radical (unpaired) electrons. The van der Waals surface area contributed by atoms with E-state index >= 15 is 0 Å². The van der Waals surface area contributed by atoms with Crippen molar-refractivity contribution in [2.24, 2.45) is 0 Å². The van der Waals surface area contributed by atoms with Crippen molar-refractivity contribution in [3.8, 4) is 0 Å². The van der Waals surface area contributed by atoms with Crippen LogP contribution in [0.1, 0.15) is 51.6 Å². The second kappa shape index (κ2) is 7.59. The van der Waals surface area contributed by atoms with Crippen LogP contribution in [0.2, 0.25) is 0 Å². The zero-order valence-electron chi connectivity index (χ0n) is 14.1. The summed E-state index contributed by atoms with van der Waals surface area (Å²) in [4.78, 5) is 24.5. The minimum atomic E-state index is -0.709. The van der Waals surface area contributed by atoms with E-state index in [1.807, 2.05) is 30.3 Å². The molecule has 23 heavy (non-hydrogen) atoms. The number of rotatable bonds is 6. The van der Waals surface area contributed by atoms with Crippen molar-refractivity contribution in [3.63, 3.8) is 0 Å². The van der Waals surface area contributed by atoms with E-state index in [-0.39, 0.29) is 24.0 Å². The topological polar surface area (TPSA) is 67.4 Å². The average Bonchev–Trinajstić information content (AvgIpc) is 2.60. The first-order valence-electron chi connectivity index (χ1n) is 8.33. The average molecular weight is 318 g/mol. The highest BCUT2D eigenvalue weighted by Crippen LogP contribution is 2.25. The molecule has 126 valence electrons. The molecular formula is C18H26N2O3. The number of hydrogen-bond donors (Lipinski definition) is 2. The summed E-state index contributed by atoms with van der Waals surface area (Å²) in [5.41, 5.74) is 0.652. The lowest BCUT2D eigenvalue weighted by Crippen LogP contribution is -2.57. The molecule has 5 nitrogen and oxygen atoms in total. The van der Waals surface area contributed by atoms with E-state index in [1.54, 1.807) is 0 Å². The third-order valence-electron chi connectivity index (χ3n) is 4.85. The first kappa shape index (κ1) is 17.5. The molecule has 0 unspecified atom stereocenters. The summed E-state index contributed by atoms with van der Waals surface area (Å²) in [6.45, 7) is 6.14. The van der Waals surface area contributed by atoms with Crippen molar-refractivity contribution >= 4 is 11.8 Å². The SMILES string of the molecule is CCC(CC)(CC)NC(=O)[C@H]1OCC(=O)N[C@@H]1c1ccccc1. The Bertz CT molecular complexity index is 532. The lowest BCUT2D eigenvalue weighted by Gasteiger charge is -2.37. The molecule has 0 spiro atoms. The van der Waals surface area contributed by atoms with Crippen LogP contribution in [0.15, 0.2) is 30.3 Å². The molecule has 2 atom stereocenters. The fourth-order valence-corrected chi connectivity index (χ4v) is 3.05. The zero-order chi connectivity index (χ0) is 16.9. The van der Waals surface area contributed by atoms with Gasteiger partial charge in [-0.1, -0.05) is 51.1 Å². The summed E-state index contributed by atoms with van der Waals surface area (Å²) >= 11 is 0. The Labute approximate surface area is 137 Å². The third-order valence-corrected chi connectivity index (χ3v) is 4.85. The summed E-state index contributed by atoms with van der Waals surface area (Å²) in [6, 6.07) is 9.01. The largest absolute Gasteiger partial charge is 0.356 e. The standard InChI is InChI=1S/C18H26N2O3/c1-4-18(5-2,6-3)20-17(22)16-15(19-14(21)12-23-16)13-10-8-7-9-11-13/h7-11,15-16H,4-6,12H2,1-3H3,(H,19,21)(H,20,22)/t15-,16+/m1/s1. The second-order valence-corrected chi connectivity index (χ2v) is 6.02. The minimum absolute atomic E-state index is 0.0845. The van der Waals surface area contributed by atoms with Gasteiger partial charge in [0.05, 0.1) is 6.04 Å². The van der Waals surface area contributed by atoms with E-state index in [4.69, 9.17) is 4.74 Å². The summed E-state index contributed by atoms with van der Waals surface area (Å²) in [5.74, 6) is -0.361. The Kier molecular flexibility index (Phi) is 5.77. The first-order chi connectivity index (χ1) is 11.0. The molecule has 1 aliphatic heterocycles. The van der Waals surface area contributed by atoms with Crippen LogP contribution in [0, 0.1) is 0 Å². The van der Waals surface area contributed by atoms with E-state index in [9.17, 15) is 9.59 Å². The van der Waals surface area contributed by atoms with Crippen LogP contribution >= 0.6 is 0 Å². The van der Waals surface area contributed by atoms with Gasteiger partial charge >= 0.3 is 0 Å². The first-order valence-corrected chi connectivity index (χ1v) is 8.33. The Hall–Kier alpha value is -1.88. The Morgan fingerprint density at radius 1 is 1.22 bits per heavy atom. The van der Waals surface area contributed by atoms with Gasteiger partial charge in [-0.25, -0.2) is 0 Å². The van der Waals surface area contributed by atoms with Gasteiger partial charge in [-0.3, -0.25) is 9.59 Å². The molecule has 1 saturated heterocycles. The fourth-order valence-electron chi connectivity index (χ4n) is 3.05. The van der Waals surface area contributed by atoms with Gasteiger partial charge < -0.3 is 15.4 Å². The summed E-state index contributed by atoms with van der Waals surface area (Å²) in [7, 11) is 0. The van der Waals surface area contributed by atoms with Crippen molar-refractivity contribution in [3.05, 3.63) is 35.9 Å². The number of ether oxygens (including phenoxy) is 1. The molecule has 5 heteroatoms. The van der Waals surface area contributed by atoms with Crippen molar-refractivity contribution in [1.29, 1.82) is 0 Å². The molecule has 0 aromatic heterocycles. The normalized spacial score (nSPS) is 21.6. The molecule has 2 N–H and O–H groups in total. The van der Waals surface area contributed by atoms with Crippen LogP contribution in [-0.2, 0) is 14.3 Å². The van der Waals surface area contributed by atoms with Crippen LogP contribution in [0.4, 0.5) is 0 Å². The van der Waals surface area contributed by atoms with E-state index in [0.717, 1.165) is 24.8 Å². The number of morpholine rings is 1. The molecule has 1 fully saturated rings. The highest BCUT2D eigenvalue weighted by atomic mass is 16.5. The van der Waals surface area contributed by atoms with Gasteiger partial charge in [-0.15, -0.1) is 0 Å². The monoisotopic (exact) mass is 318 g/mol. The molecule has 0 bridgehead atoms. The van der Waals surface area contributed by atoms with E-state index in [1.165, 1.54) is 0 Å². The van der Waals surface area contributed by atoms with Crippen molar-refractivity contribution < 1.29 is 14.3 Å². The van der Waals surface area contributed by atoms with Crippen LogP contribution in [0.25, 0.3) is 0 Å². The van der Waals surface area contributed by atoms with Crippen molar-refractivity contribution in [1.82, 2.24) is 10.6 Å². The third kappa shape index (κ3) is 3.91. The Morgan fingerprint density at radius 2 is 1.83 bits per heavy atom. The number of amides is 2. The summed E-state index contributed by atoms with van der Waals surface area (Å²) in [6.07, 6.45) is 1.88. The number of carbonyl (C=O) groups is 2. The number of carbonyl (C=O) groups excluding carboxylic acids is 2. The van der Waals surface area contributed by atoms with Gasteiger partial charge in [0.15, 0.2) is 6.10 Å². The Balaban J connectivity index is 2.21. The smallest absolute Gasteiger partial charge is 0.252 e. The van der Waals surface area contributed by atoms with Gasteiger partial charge in [-0.05, 0) is 24.8 Å². The van der Waals surface area contributed by atoms with Gasteiger partial charge in [-0.2, -0.15) is 0 Å². The second-order valence-electron chi connectivity index (χ2n) is 6.02. The highest BCUT2D eigenvalue weighted by Gasteiger charge is 2.38.